The largest absolute Gasteiger partial charge is 0.454 e. The Hall–Kier alpha value is -4.52. The average Bonchev–Trinajstić information content (AvgIpc) is 3.45. The number of dihydropyridines is 1. The molecule has 3 N–H and O–H groups in total. The second-order valence-corrected chi connectivity index (χ2v) is 10.3. The van der Waals surface area contributed by atoms with Gasteiger partial charge in [0.25, 0.3) is 11.8 Å². The summed E-state index contributed by atoms with van der Waals surface area (Å²) < 4.78 is 11.2. The first-order valence-corrected chi connectivity index (χ1v) is 14.3. The van der Waals surface area contributed by atoms with Gasteiger partial charge in [-0.1, -0.05) is 63.2 Å². The lowest BCUT2D eigenvalue weighted by Gasteiger charge is -2.32. The zero-order chi connectivity index (χ0) is 29.1. The second-order valence-electron chi connectivity index (χ2n) is 10.3. The lowest BCUT2D eigenvalue weighted by Crippen LogP contribution is -2.35. The van der Waals surface area contributed by atoms with E-state index >= 15 is 0 Å². The smallest absolute Gasteiger partial charge is 0.254 e. The number of para-hydroxylation sites is 2. The summed E-state index contributed by atoms with van der Waals surface area (Å²) in [6.45, 7) is 10.1. The summed E-state index contributed by atoms with van der Waals surface area (Å²) in [6, 6.07) is 19.5. The topological polar surface area (TPSA) is 88.7 Å². The number of aryl methyl sites for hydroxylation is 3. The number of hydrogen-bond donors (Lipinski definition) is 3. The van der Waals surface area contributed by atoms with Crippen LogP contribution in [0.2, 0.25) is 0 Å². The minimum atomic E-state index is -0.640. The molecule has 2 heterocycles. The van der Waals surface area contributed by atoms with Crippen LogP contribution in [0.25, 0.3) is 0 Å². The number of anilines is 2. The number of allylic oxidation sites excluding steroid dienone is 2. The average molecular weight is 552 g/mol. The maximum Gasteiger partial charge on any atom is 0.254 e. The fourth-order valence-corrected chi connectivity index (χ4v) is 5.75. The highest BCUT2D eigenvalue weighted by Gasteiger charge is 2.37. The molecule has 0 fully saturated rings. The van der Waals surface area contributed by atoms with Crippen LogP contribution in [0, 0.1) is 0 Å². The van der Waals surface area contributed by atoms with Crippen LogP contribution in [0.4, 0.5) is 11.4 Å². The first-order chi connectivity index (χ1) is 19.9. The molecule has 0 aromatic heterocycles. The highest BCUT2D eigenvalue weighted by atomic mass is 16.7. The van der Waals surface area contributed by atoms with Crippen molar-refractivity contribution in [2.24, 2.45) is 0 Å². The first-order valence-electron chi connectivity index (χ1n) is 14.3. The van der Waals surface area contributed by atoms with Crippen LogP contribution in [0.15, 0.2) is 83.2 Å². The van der Waals surface area contributed by atoms with Gasteiger partial charge in [-0.2, -0.15) is 0 Å². The van der Waals surface area contributed by atoms with Gasteiger partial charge >= 0.3 is 0 Å². The summed E-state index contributed by atoms with van der Waals surface area (Å²) in [4.78, 5) is 28.3. The van der Waals surface area contributed by atoms with Gasteiger partial charge in [0, 0.05) is 39.8 Å². The predicted molar refractivity (Wildman–Crippen MR) is 162 cm³/mol. The Bertz CT molecular complexity index is 1550. The van der Waals surface area contributed by atoms with Crippen molar-refractivity contribution < 1.29 is 19.1 Å². The van der Waals surface area contributed by atoms with Crippen LogP contribution in [-0.2, 0) is 28.9 Å². The van der Waals surface area contributed by atoms with E-state index in [4.69, 9.17) is 9.47 Å². The molecule has 1 atom stereocenters. The van der Waals surface area contributed by atoms with Crippen LogP contribution in [-0.4, -0.2) is 18.6 Å². The number of rotatable bonds is 8. The summed E-state index contributed by atoms with van der Waals surface area (Å²) in [7, 11) is 0. The van der Waals surface area contributed by atoms with Gasteiger partial charge < -0.3 is 25.4 Å². The molecule has 2 amide bonds. The second kappa shape index (κ2) is 11.9. The van der Waals surface area contributed by atoms with Crippen LogP contribution >= 0.6 is 0 Å². The van der Waals surface area contributed by atoms with Gasteiger partial charge in [-0.15, -0.1) is 0 Å². The Kier molecular flexibility index (Phi) is 8.15. The lowest BCUT2D eigenvalue weighted by molar-refractivity contribution is -0.113. The molecule has 41 heavy (non-hydrogen) atoms. The molecular weight excluding hydrogens is 514 g/mol. The van der Waals surface area contributed by atoms with Crippen LogP contribution in [0.3, 0.4) is 0 Å². The van der Waals surface area contributed by atoms with E-state index in [1.54, 1.807) is 0 Å². The number of carbonyl (C=O) groups is 2. The zero-order valence-electron chi connectivity index (χ0n) is 24.3. The molecule has 7 heteroatoms. The third-order valence-electron chi connectivity index (χ3n) is 7.86. The molecule has 2 aliphatic heterocycles. The Morgan fingerprint density at radius 2 is 1.34 bits per heavy atom. The lowest BCUT2D eigenvalue weighted by atomic mass is 9.79. The molecule has 5 rings (SSSR count). The number of amides is 2. The molecule has 2 aliphatic rings. The Labute approximate surface area is 241 Å². The van der Waals surface area contributed by atoms with Crippen molar-refractivity contribution in [3.8, 4) is 11.5 Å². The molecule has 0 saturated heterocycles. The number of carbonyl (C=O) groups excluding carboxylic acids is 2. The van der Waals surface area contributed by atoms with Crippen LogP contribution in [0.5, 0.6) is 11.5 Å². The third kappa shape index (κ3) is 5.44. The number of fused-ring (bicyclic) bond motifs is 1. The summed E-state index contributed by atoms with van der Waals surface area (Å²) in [5, 5.41) is 9.69. The fraction of sp³-hybridized carbons (Fsp3) is 0.294. The van der Waals surface area contributed by atoms with Gasteiger partial charge in [-0.25, -0.2) is 0 Å². The molecule has 0 aliphatic carbocycles. The summed E-state index contributed by atoms with van der Waals surface area (Å²) in [5.41, 5.74) is 7.88. The van der Waals surface area contributed by atoms with Crippen molar-refractivity contribution in [3.63, 3.8) is 0 Å². The van der Waals surface area contributed by atoms with Gasteiger partial charge in [-0.3, -0.25) is 9.59 Å². The van der Waals surface area contributed by atoms with Crippen LogP contribution < -0.4 is 25.4 Å². The molecule has 212 valence electrons. The van der Waals surface area contributed by atoms with Crippen LogP contribution in [0.1, 0.15) is 62.8 Å². The summed E-state index contributed by atoms with van der Waals surface area (Å²) in [6.07, 6.45) is 2.35. The fourth-order valence-electron chi connectivity index (χ4n) is 5.75. The molecule has 0 bridgehead atoms. The summed E-state index contributed by atoms with van der Waals surface area (Å²) >= 11 is 0. The minimum absolute atomic E-state index is 0.136. The van der Waals surface area contributed by atoms with Crippen molar-refractivity contribution in [1.82, 2.24) is 5.32 Å². The van der Waals surface area contributed by atoms with E-state index in [-0.39, 0.29) is 18.6 Å². The molecule has 0 unspecified atom stereocenters. The summed E-state index contributed by atoms with van der Waals surface area (Å²) in [5.74, 6) is 0.0807. The van der Waals surface area contributed by atoms with E-state index in [2.05, 4.69) is 36.7 Å². The van der Waals surface area contributed by atoms with Crippen molar-refractivity contribution in [1.29, 1.82) is 0 Å². The highest BCUT2D eigenvalue weighted by Crippen LogP contribution is 2.43. The van der Waals surface area contributed by atoms with Crippen molar-refractivity contribution in [3.05, 3.63) is 105 Å². The molecule has 3 aromatic carbocycles. The van der Waals surface area contributed by atoms with Crippen molar-refractivity contribution in [2.45, 2.75) is 59.8 Å². The number of hydrogen-bond acceptors (Lipinski definition) is 5. The minimum Gasteiger partial charge on any atom is -0.454 e. The molecule has 0 saturated carbocycles. The number of benzene rings is 3. The Morgan fingerprint density at radius 1 is 0.756 bits per heavy atom. The highest BCUT2D eigenvalue weighted by molar-refractivity contribution is 6.12. The quantitative estimate of drug-likeness (QED) is 0.293. The Morgan fingerprint density at radius 3 is 2.00 bits per heavy atom. The Balaban J connectivity index is 1.60. The molecule has 0 radical (unpaired) electrons. The van der Waals surface area contributed by atoms with Crippen molar-refractivity contribution in [2.75, 3.05) is 17.4 Å². The maximum absolute atomic E-state index is 14.2. The van der Waals surface area contributed by atoms with Gasteiger partial charge in [0.15, 0.2) is 11.5 Å². The standard InChI is InChI=1S/C34H37N3O4/c1-6-22-12-9-10-15-26(22)36-33(38)29-20(4)35-21(5)30(31(29)25-16-17-27-28(18-25)41-19-40-27)34(39)37-32-23(7-2)13-11-14-24(32)8-3/h9-18,31,35H,6-8,19H2,1-5H3,(H,36,38)(H,37,39)/t31-/m0/s1. The van der Waals surface area contributed by atoms with Gasteiger partial charge in [0.05, 0.1) is 0 Å². The molecule has 0 spiro atoms. The van der Waals surface area contributed by atoms with E-state index in [0.29, 0.717) is 34.0 Å². The van der Waals surface area contributed by atoms with E-state index < -0.39 is 5.92 Å². The number of ether oxygens (including phenoxy) is 2. The van der Waals surface area contributed by atoms with Gasteiger partial charge in [0.2, 0.25) is 6.79 Å². The third-order valence-corrected chi connectivity index (χ3v) is 7.86. The molecule has 7 nitrogen and oxygen atoms in total. The zero-order valence-corrected chi connectivity index (χ0v) is 24.3. The van der Waals surface area contributed by atoms with E-state index in [9.17, 15) is 9.59 Å². The first kappa shape index (κ1) is 28.0. The monoisotopic (exact) mass is 551 g/mol. The molecule has 3 aromatic rings. The van der Waals surface area contributed by atoms with Gasteiger partial charge in [0.1, 0.15) is 0 Å². The number of nitrogens with one attached hydrogen (secondary N) is 3. The van der Waals surface area contributed by atoms with E-state index in [1.165, 1.54) is 0 Å². The maximum atomic E-state index is 14.2. The van der Waals surface area contributed by atoms with Gasteiger partial charge in [-0.05, 0) is 73.6 Å². The SMILES string of the molecule is CCc1ccccc1NC(=O)C1=C(C)NC(C)=C(C(=O)Nc2c(CC)cccc2CC)[C@H]1c1ccc2c(c1)OCO2. The van der Waals surface area contributed by atoms with Crippen molar-refractivity contribution >= 4 is 23.2 Å². The van der Waals surface area contributed by atoms with E-state index in [1.807, 2.05) is 74.5 Å². The normalized spacial score (nSPS) is 16.0. The van der Waals surface area contributed by atoms with E-state index in [0.717, 1.165) is 52.9 Å². The molecular formula is C34H37N3O4. The predicted octanol–water partition coefficient (Wildman–Crippen LogP) is 6.61.